The van der Waals surface area contributed by atoms with Crippen molar-refractivity contribution in [3.05, 3.63) is 118 Å². The minimum Gasteiger partial charge on any atom is -0.355 e. The lowest BCUT2D eigenvalue weighted by Gasteiger charge is -2.32. The topological polar surface area (TPSA) is 6.48 Å². The van der Waals surface area contributed by atoms with Gasteiger partial charge in [0.2, 0.25) is 0 Å². The molecule has 2 nitrogen and oxygen atoms in total. The second kappa shape index (κ2) is 14.7. The van der Waals surface area contributed by atoms with Gasteiger partial charge in [-0.05, 0) is 108 Å². The first-order chi connectivity index (χ1) is 22.6. The maximum Gasteiger partial charge on any atom is 0.0988 e. The van der Waals surface area contributed by atoms with Gasteiger partial charge in [-0.25, -0.2) is 0 Å². The van der Waals surface area contributed by atoms with E-state index in [9.17, 15) is 0 Å². The van der Waals surface area contributed by atoms with Gasteiger partial charge in [0, 0.05) is 22.9 Å². The average Bonchev–Trinajstić information content (AvgIpc) is 3.54. The highest BCUT2D eigenvalue weighted by atomic mass is 32.2. The van der Waals surface area contributed by atoms with Crippen LogP contribution in [0.5, 0.6) is 0 Å². The number of benzene rings is 2. The van der Waals surface area contributed by atoms with Crippen LogP contribution in [0.15, 0.2) is 128 Å². The van der Waals surface area contributed by atoms with Crippen molar-refractivity contribution in [1.29, 1.82) is 0 Å². The van der Waals surface area contributed by atoms with Crippen molar-refractivity contribution in [2.45, 2.75) is 108 Å². The number of hydrogen-bond acceptors (Lipinski definition) is 4. The molecule has 2 aliphatic heterocycles. The number of allylic oxidation sites excluding steroid dienone is 10. The lowest BCUT2D eigenvalue weighted by Crippen LogP contribution is -2.29. The third kappa shape index (κ3) is 8.43. The highest BCUT2D eigenvalue weighted by molar-refractivity contribution is 8.03. The Kier molecular flexibility index (Phi) is 10.7. The van der Waals surface area contributed by atoms with E-state index in [-0.39, 0.29) is 10.8 Å². The smallest absolute Gasteiger partial charge is 0.0988 e. The second-order valence-corrected chi connectivity index (χ2v) is 17.6. The van der Waals surface area contributed by atoms with Crippen molar-refractivity contribution in [2.24, 2.45) is 10.8 Å². The quantitative estimate of drug-likeness (QED) is 0.250. The van der Waals surface area contributed by atoms with E-state index in [0.717, 1.165) is 38.8 Å². The van der Waals surface area contributed by atoms with Crippen molar-refractivity contribution >= 4 is 34.9 Å². The molecular formula is C43H54N2S2. The summed E-state index contributed by atoms with van der Waals surface area (Å²) >= 11 is 3.95. The van der Waals surface area contributed by atoms with Gasteiger partial charge in [-0.3, -0.25) is 0 Å². The molecule has 4 aliphatic rings. The Morgan fingerprint density at radius 1 is 0.745 bits per heavy atom. The first-order valence-corrected chi connectivity index (χ1v) is 19.6. The molecule has 0 saturated carbocycles. The Bertz CT molecular complexity index is 1630. The Morgan fingerprint density at radius 2 is 1.38 bits per heavy atom. The van der Waals surface area contributed by atoms with Crippen LogP contribution in [-0.2, 0) is 0 Å². The van der Waals surface area contributed by atoms with E-state index in [4.69, 9.17) is 0 Å². The highest BCUT2D eigenvalue weighted by Gasteiger charge is 2.31. The molecule has 0 N–H and O–H groups in total. The Morgan fingerprint density at radius 3 is 2.15 bits per heavy atom. The van der Waals surface area contributed by atoms with Crippen LogP contribution in [0.2, 0.25) is 0 Å². The Balaban J connectivity index is 1.22. The van der Waals surface area contributed by atoms with E-state index in [0.29, 0.717) is 5.37 Å². The summed E-state index contributed by atoms with van der Waals surface area (Å²) in [4.78, 5) is 7.97. The van der Waals surface area contributed by atoms with Crippen LogP contribution in [0.4, 0.5) is 11.4 Å². The van der Waals surface area contributed by atoms with Crippen LogP contribution in [0.25, 0.3) is 0 Å². The monoisotopic (exact) mass is 662 g/mol. The zero-order chi connectivity index (χ0) is 33.0. The largest absolute Gasteiger partial charge is 0.355 e. The number of rotatable bonds is 10. The summed E-state index contributed by atoms with van der Waals surface area (Å²) in [5.41, 5.74) is 9.08. The molecule has 0 bridgehead atoms. The molecule has 0 aromatic heterocycles. The summed E-state index contributed by atoms with van der Waals surface area (Å²) in [6.07, 6.45) is 26.4. The normalized spacial score (nSPS) is 24.3. The fraction of sp³-hybridized carbons (Fsp3) is 0.442. The van der Waals surface area contributed by atoms with E-state index in [1.165, 1.54) is 74.2 Å². The molecule has 2 heterocycles. The van der Waals surface area contributed by atoms with E-state index in [1.54, 1.807) is 0 Å². The van der Waals surface area contributed by atoms with Crippen molar-refractivity contribution in [1.82, 2.24) is 0 Å². The number of thioether (sulfide) groups is 2. The van der Waals surface area contributed by atoms with Gasteiger partial charge in [-0.15, -0.1) is 0 Å². The molecule has 2 aromatic carbocycles. The number of anilines is 2. The van der Waals surface area contributed by atoms with Crippen LogP contribution in [0, 0.1) is 10.8 Å². The third-order valence-corrected chi connectivity index (χ3v) is 12.0. The van der Waals surface area contributed by atoms with Crippen LogP contribution in [0.3, 0.4) is 0 Å². The molecule has 2 aliphatic carbocycles. The van der Waals surface area contributed by atoms with Gasteiger partial charge >= 0.3 is 0 Å². The minimum atomic E-state index is 0.243. The Hall–Kier alpha value is -2.82. The second-order valence-electron chi connectivity index (χ2n) is 15.4. The number of para-hydroxylation sites is 2. The first kappa shape index (κ1) is 34.1. The number of fused-ring (bicyclic) bond motifs is 2. The van der Waals surface area contributed by atoms with Gasteiger partial charge < -0.3 is 9.80 Å². The fourth-order valence-corrected chi connectivity index (χ4v) is 10.1. The maximum absolute atomic E-state index is 2.63. The average molecular weight is 663 g/mol. The molecule has 4 heteroatoms. The zero-order valence-corrected chi connectivity index (χ0v) is 31.2. The SMILES string of the molecule is CCCCN1/C(=C/C2=CC(=C/C=C/C3=CC(=C/C4Sc5ccccc5N4CCCC)/CC(C)(C)C3)/CC(C)(C)C2)Sc2ccccc21. The van der Waals surface area contributed by atoms with Gasteiger partial charge in [-0.1, -0.05) is 133 Å². The molecule has 248 valence electrons. The van der Waals surface area contributed by atoms with Crippen LogP contribution >= 0.6 is 23.5 Å². The first-order valence-electron chi connectivity index (χ1n) is 17.9. The van der Waals surface area contributed by atoms with Gasteiger partial charge in [-0.2, -0.15) is 0 Å². The lowest BCUT2D eigenvalue weighted by molar-refractivity contribution is 0.354. The molecule has 1 atom stereocenters. The van der Waals surface area contributed by atoms with Gasteiger partial charge in [0.25, 0.3) is 0 Å². The van der Waals surface area contributed by atoms with E-state index >= 15 is 0 Å². The summed E-state index contributed by atoms with van der Waals surface area (Å²) in [6.45, 7) is 16.5. The molecule has 0 spiro atoms. The Labute approximate surface area is 293 Å². The fourth-order valence-electron chi connectivity index (χ4n) is 7.60. The van der Waals surface area contributed by atoms with Crippen LogP contribution < -0.4 is 9.80 Å². The maximum atomic E-state index is 2.63. The number of unbranched alkanes of at least 4 members (excludes halogenated alkanes) is 2. The summed E-state index contributed by atoms with van der Waals surface area (Å²) in [5, 5.41) is 1.75. The van der Waals surface area contributed by atoms with Gasteiger partial charge in [0.15, 0.2) is 0 Å². The molecule has 0 amide bonds. The summed E-state index contributed by atoms with van der Waals surface area (Å²) in [5.74, 6) is 0. The molecule has 0 fully saturated rings. The predicted octanol–water partition coefficient (Wildman–Crippen LogP) is 12.9. The highest BCUT2D eigenvalue weighted by Crippen LogP contribution is 2.48. The van der Waals surface area contributed by atoms with Crippen molar-refractivity contribution < 1.29 is 0 Å². The van der Waals surface area contributed by atoms with Crippen molar-refractivity contribution in [3.8, 4) is 0 Å². The molecule has 0 saturated heterocycles. The summed E-state index contributed by atoms with van der Waals surface area (Å²) in [7, 11) is 0. The lowest BCUT2D eigenvalue weighted by atomic mass is 9.74. The predicted molar refractivity (Wildman–Crippen MR) is 208 cm³/mol. The molecule has 1 unspecified atom stereocenters. The number of nitrogens with zero attached hydrogens (tertiary/aromatic N) is 2. The number of hydrogen-bond donors (Lipinski definition) is 0. The summed E-state index contributed by atoms with van der Waals surface area (Å²) < 4.78 is 0. The molecular weight excluding hydrogens is 609 g/mol. The van der Waals surface area contributed by atoms with E-state index in [1.807, 2.05) is 23.5 Å². The van der Waals surface area contributed by atoms with Crippen LogP contribution in [0.1, 0.15) is 92.9 Å². The third-order valence-electron chi connectivity index (χ3n) is 9.61. The summed E-state index contributed by atoms with van der Waals surface area (Å²) in [6, 6.07) is 17.8. The van der Waals surface area contributed by atoms with Gasteiger partial charge in [0.1, 0.15) is 0 Å². The standard InChI is InChI=1S/C43H54N2S2/c1-7-9-22-44-36-18-11-13-20-38(36)46-40(44)26-34-24-32(28-42(3,4)30-34)16-15-17-33-25-35(31-43(5,6)29-33)27-41-45(23-10-8-2)37-19-12-14-21-39(37)47-41/h11-21,24-27,40H,7-10,22-23,28-31H2,1-6H3/b16-15+,33-17-,34-26-,41-27-. The zero-order valence-electron chi connectivity index (χ0n) is 29.5. The van der Waals surface area contributed by atoms with Crippen molar-refractivity contribution in [2.75, 3.05) is 22.9 Å². The van der Waals surface area contributed by atoms with Gasteiger partial charge in [0.05, 0.1) is 21.8 Å². The molecule has 6 rings (SSSR count). The van der Waals surface area contributed by atoms with E-state index in [2.05, 4.69) is 142 Å². The molecule has 0 radical (unpaired) electrons. The molecule has 2 aromatic rings. The van der Waals surface area contributed by atoms with Crippen molar-refractivity contribution in [3.63, 3.8) is 0 Å². The van der Waals surface area contributed by atoms with E-state index < -0.39 is 0 Å². The molecule has 47 heavy (non-hydrogen) atoms. The minimum absolute atomic E-state index is 0.243. The van der Waals surface area contributed by atoms with Crippen LogP contribution in [-0.4, -0.2) is 18.5 Å².